The van der Waals surface area contributed by atoms with Gasteiger partial charge in [0, 0.05) is 0 Å². The van der Waals surface area contributed by atoms with Crippen molar-refractivity contribution >= 4 is 6.08 Å². The van der Waals surface area contributed by atoms with Gasteiger partial charge in [-0.2, -0.15) is 0 Å². The fourth-order valence-electron chi connectivity index (χ4n) is 1.53. The third kappa shape index (κ3) is 3.49. The van der Waals surface area contributed by atoms with Crippen molar-refractivity contribution in [3.05, 3.63) is 66.2 Å². The van der Waals surface area contributed by atoms with Crippen LogP contribution in [0, 0.1) is 0 Å². The normalized spacial score (nSPS) is 10.6. The maximum atomic E-state index is 5.71. The van der Waals surface area contributed by atoms with Crippen molar-refractivity contribution in [1.82, 2.24) is 0 Å². The van der Waals surface area contributed by atoms with E-state index < -0.39 is 0 Å². The minimum absolute atomic E-state index is 0.865. The van der Waals surface area contributed by atoms with E-state index in [1.54, 1.807) is 0 Å². The summed E-state index contributed by atoms with van der Waals surface area (Å²) in [7, 11) is 0. The van der Waals surface area contributed by atoms with Gasteiger partial charge < -0.3 is 4.74 Å². The van der Waals surface area contributed by atoms with E-state index in [2.05, 4.69) is 31.2 Å². The van der Waals surface area contributed by atoms with Crippen LogP contribution in [0.2, 0.25) is 0 Å². The van der Waals surface area contributed by atoms with Crippen LogP contribution < -0.4 is 4.74 Å². The highest BCUT2D eigenvalue weighted by Crippen LogP contribution is 2.21. The molecule has 1 nitrogen and oxygen atoms in total. The summed E-state index contributed by atoms with van der Waals surface area (Å²) in [6.45, 7) is 2.13. The molecule has 1 heteroatoms. The van der Waals surface area contributed by atoms with E-state index in [1.807, 2.05) is 42.5 Å². The zero-order valence-corrected chi connectivity index (χ0v) is 9.97. The molecule has 0 bridgehead atoms. The van der Waals surface area contributed by atoms with E-state index in [-0.39, 0.29) is 0 Å². The van der Waals surface area contributed by atoms with Crippen LogP contribution in [0.5, 0.6) is 11.5 Å². The van der Waals surface area contributed by atoms with E-state index in [0.29, 0.717) is 0 Å². The van der Waals surface area contributed by atoms with Crippen molar-refractivity contribution in [3.63, 3.8) is 0 Å². The summed E-state index contributed by atoms with van der Waals surface area (Å²) in [5.41, 5.74) is 1.20. The molecule has 0 heterocycles. The largest absolute Gasteiger partial charge is 0.457 e. The lowest BCUT2D eigenvalue weighted by Crippen LogP contribution is -1.83. The quantitative estimate of drug-likeness (QED) is 0.717. The molecule has 17 heavy (non-hydrogen) atoms. The van der Waals surface area contributed by atoms with Gasteiger partial charge >= 0.3 is 0 Å². The Morgan fingerprint density at radius 2 is 1.53 bits per heavy atom. The van der Waals surface area contributed by atoms with Gasteiger partial charge in [0.25, 0.3) is 0 Å². The first kappa shape index (κ1) is 11.5. The molecule has 0 saturated heterocycles. The summed E-state index contributed by atoms with van der Waals surface area (Å²) in [4.78, 5) is 0. The standard InChI is InChI=1S/C16H16O/c1-2-3-7-14-10-12-16(13-11-14)17-15-8-5-4-6-9-15/h3-13H,2H2,1H3. The number of allylic oxidation sites excluding steroid dienone is 1. The molecule has 0 aliphatic heterocycles. The summed E-state index contributed by atoms with van der Waals surface area (Å²) in [6.07, 6.45) is 5.32. The third-order valence-corrected chi connectivity index (χ3v) is 2.41. The molecular weight excluding hydrogens is 208 g/mol. The summed E-state index contributed by atoms with van der Waals surface area (Å²) in [5.74, 6) is 1.73. The number of benzene rings is 2. The second kappa shape index (κ2) is 5.90. The van der Waals surface area contributed by atoms with E-state index in [4.69, 9.17) is 4.74 Å². The molecule has 0 N–H and O–H groups in total. The van der Waals surface area contributed by atoms with Crippen molar-refractivity contribution in [1.29, 1.82) is 0 Å². The molecule has 2 rings (SSSR count). The predicted octanol–water partition coefficient (Wildman–Crippen LogP) is 4.90. The maximum Gasteiger partial charge on any atom is 0.127 e. The monoisotopic (exact) mass is 224 g/mol. The molecule has 0 aliphatic carbocycles. The van der Waals surface area contributed by atoms with Gasteiger partial charge in [0.2, 0.25) is 0 Å². The number of para-hydroxylation sites is 1. The van der Waals surface area contributed by atoms with E-state index in [1.165, 1.54) is 5.56 Å². The third-order valence-electron chi connectivity index (χ3n) is 2.41. The highest BCUT2D eigenvalue weighted by atomic mass is 16.5. The van der Waals surface area contributed by atoms with Crippen LogP contribution in [-0.2, 0) is 0 Å². The van der Waals surface area contributed by atoms with Crippen LogP contribution >= 0.6 is 0 Å². The molecule has 0 fully saturated rings. The van der Waals surface area contributed by atoms with E-state index in [9.17, 15) is 0 Å². The van der Waals surface area contributed by atoms with Gasteiger partial charge in [0.15, 0.2) is 0 Å². The van der Waals surface area contributed by atoms with Crippen molar-refractivity contribution in [3.8, 4) is 11.5 Å². The summed E-state index contributed by atoms with van der Waals surface area (Å²) in [6, 6.07) is 17.9. The first-order valence-electron chi connectivity index (χ1n) is 5.88. The molecule has 0 spiro atoms. The Balaban J connectivity index is 2.06. The zero-order valence-electron chi connectivity index (χ0n) is 9.97. The highest BCUT2D eigenvalue weighted by molar-refractivity contribution is 5.50. The topological polar surface area (TPSA) is 9.23 Å². The fourth-order valence-corrected chi connectivity index (χ4v) is 1.53. The molecule has 0 amide bonds. The molecule has 0 saturated carbocycles. The second-order valence-electron chi connectivity index (χ2n) is 3.79. The Bertz CT molecular complexity index is 469. The average Bonchev–Trinajstić information content (AvgIpc) is 2.39. The van der Waals surface area contributed by atoms with Crippen LogP contribution in [0.3, 0.4) is 0 Å². The van der Waals surface area contributed by atoms with E-state index in [0.717, 1.165) is 17.9 Å². The lowest BCUT2D eigenvalue weighted by molar-refractivity contribution is 0.482. The molecule has 0 radical (unpaired) electrons. The number of hydrogen-bond donors (Lipinski definition) is 0. The lowest BCUT2D eigenvalue weighted by Gasteiger charge is -2.05. The minimum atomic E-state index is 0.865. The molecule has 0 aromatic heterocycles. The summed E-state index contributed by atoms with van der Waals surface area (Å²) < 4.78 is 5.71. The first-order chi connectivity index (χ1) is 8.38. The number of hydrogen-bond acceptors (Lipinski definition) is 1. The van der Waals surface area contributed by atoms with Gasteiger partial charge in [-0.05, 0) is 36.2 Å². The van der Waals surface area contributed by atoms with Crippen LogP contribution in [0.4, 0.5) is 0 Å². The Hall–Kier alpha value is -2.02. The predicted molar refractivity (Wildman–Crippen MR) is 72.3 cm³/mol. The van der Waals surface area contributed by atoms with Gasteiger partial charge in [0.05, 0.1) is 0 Å². The van der Waals surface area contributed by atoms with Gasteiger partial charge in [-0.25, -0.2) is 0 Å². The van der Waals surface area contributed by atoms with Crippen molar-refractivity contribution in [2.45, 2.75) is 13.3 Å². The zero-order chi connectivity index (χ0) is 11.9. The minimum Gasteiger partial charge on any atom is -0.457 e. The van der Waals surface area contributed by atoms with Crippen molar-refractivity contribution in [2.75, 3.05) is 0 Å². The second-order valence-corrected chi connectivity index (χ2v) is 3.79. The average molecular weight is 224 g/mol. The van der Waals surface area contributed by atoms with Gasteiger partial charge in [-0.1, -0.05) is 49.4 Å². The smallest absolute Gasteiger partial charge is 0.127 e. The Kier molecular flexibility index (Phi) is 3.98. The SMILES string of the molecule is CCC=Cc1ccc(Oc2ccccc2)cc1. The van der Waals surface area contributed by atoms with Crippen LogP contribution in [-0.4, -0.2) is 0 Å². The van der Waals surface area contributed by atoms with Crippen molar-refractivity contribution in [2.24, 2.45) is 0 Å². The Morgan fingerprint density at radius 3 is 2.18 bits per heavy atom. The highest BCUT2D eigenvalue weighted by Gasteiger charge is 1.95. The van der Waals surface area contributed by atoms with Crippen LogP contribution in [0.25, 0.3) is 6.08 Å². The molecule has 0 atom stereocenters. The molecular formula is C16H16O. The van der Waals surface area contributed by atoms with Gasteiger partial charge in [-0.15, -0.1) is 0 Å². The molecule has 2 aromatic carbocycles. The maximum absolute atomic E-state index is 5.71. The summed E-state index contributed by atoms with van der Waals surface area (Å²) in [5, 5.41) is 0. The molecule has 0 aliphatic rings. The fraction of sp³-hybridized carbons (Fsp3) is 0.125. The number of ether oxygens (including phenoxy) is 1. The van der Waals surface area contributed by atoms with Gasteiger partial charge in [-0.3, -0.25) is 0 Å². The molecule has 86 valence electrons. The summed E-state index contributed by atoms with van der Waals surface area (Å²) >= 11 is 0. The Labute approximate surface area is 102 Å². The molecule has 2 aromatic rings. The van der Waals surface area contributed by atoms with Crippen molar-refractivity contribution < 1.29 is 4.74 Å². The van der Waals surface area contributed by atoms with Crippen LogP contribution in [0.1, 0.15) is 18.9 Å². The first-order valence-corrected chi connectivity index (χ1v) is 5.88. The van der Waals surface area contributed by atoms with Crippen LogP contribution in [0.15, 0.2) is 60.7 Å². The molecule has 0 unspecified atom stereocenters. The Morgan fingerprint density at radius 1 is 0.882 bits per heavy atom. The van der Waals surface area contributed by atoms with E-state index >= 15 is 0 Å². The number of rotatable bonds is 4. The lowest BCUT2D eigenvalue weighted by atomic mass is 10.2. The van der Waals surface area contributed by atoms with Gasteiger partial charge in [0.1, 0.15) is 11.5 Å².